The number of halogens is 6. The molecular weight excluding hydrogens is 279 g/mol. The average Bonchev–Trinajstić information content (AvgIpc) is 2.12. The Balaban J connectivity index is 0. The number of hydrogen-bond donors (Lipinski definition) is 1. The predicted molar refractivity (Wildman–Crippen MR) is 64.3 cm³/mol. The van der Waals surface area contributed by atoms with Gasteiger partial charge in [0, 0.05) is 0 Å². The van der Waals surface area contributed by atoms with Crippen molar-refractivity contribution in [2.75, 3.05) is 13.6 Å². The van der Waals surface area contributed by atoms with Crippen molar-refractivity contribution >= 4 is 7.81 Å². The Morgan fingerprint density at radius 3 is 1.39 bits per heavy atom. The molecule has 0 amide bonds. The molecule has 0 aromatic carbocycles. The van der Waals surface area contributed by atoms with E-state index in [9.17, 15) is 25.2 Å². The van der Waals surface area contributed by atoms with E-state index in [-0.39, 0.29) is 0 Å². The molecule has 0 bridgehead atoms. The summed E-state index contributed by atoms with van der Waals surface area (Å²) in [5.74, 6) is 0. The summed E-state index contributed by atoms with van der Waals surface area (Å²) in [6, 6.07) is 0. The third-order valence-electron chi connectivity index (χ3n) is 2.10. The number of unbranched alkanes of at least 4 members (excludes halogenated alkanes) is 6. The fourth-order valence-electron chi connectivity index (χ4n) is 1.31. The summed E-state index contributed by atoms with van der Waals surface area (Å²) in [6.07, 6.45) is 10.00. The van der Waals surface area contributed by atoms with Crippen LogP contribution in [0.4, 0.5) is 25.2 Å². The Bertz CT molecular complexity index is 180. The first kappa shape index (κ1) is 20.3. The van der Waals surface area contributed by atoms with Crippen LogP contribution in [0.3, 0.4) is 0 Å². The van der Waals surface area contributed by atoms with E-state index >= 15 is 0 Å². The van der Waals surface area contributed by atoms with Gasteiger partial charge in [-0.2, -0.15) is 0 Å². The summed E-state index contributed by atoms with van der Waals surface area (Å²) in [7, 11) is -8.51. The van der Waals surface area contributed by atoms with Crippen LogP contribution in [0.5, 0.6) is 0 Å². The standard InChI is InChI=1S/C10H23N.F6P/c1-3-4-5-6-7-8-9-10-11-2;1-7(2,3,4,5)6/h11H,3-10H2,1-2H3;/q;-1/p+1. The van der Waals surface area contributed by atoms with Crippen LogP contribution in [-0.4, -0.2) is 13.6 Å². The third kappa shape index (κ3) is 56.3. The van der Waals surface area contributed by atoms with Crippen molar-refractivity contribution in [3.63, 3.8) is 0 Å². The van der Waals surface area contributed by atoms with Gasteiger partial charge in [-0.15, -0.1) is 0 Å². The summed E-state index contributed by atoms with van der Waals surface area (Å²) in [6.45, 7) is 3.58. The molecule has 0 heterocycles. The molecule has 8 heteroatoms. The molecule has 0 fully saturated rings. The first-order chi connectivity index (χ1) is 7.86. The molecule has 0 aliphatic rings. The SMILES string of the molecule is CCCCCCCCC[NH2+]C.F[P-](F)(F)(F)(F)F. The van der Waals surface area contributed by atoms with Crippen LogP contribution in [0.25, 0.3) is 0 Å². The maximum absolute atomic E-state index is 10.7. The first-order valence-corrected chi connectivity index (χ1v) is 8.24. The molecule has 0 atom stereocenters. The molecule has 2 N–H and O–H groups in total. The summed E-state index contributed by atoms with van der Waals surface area (Å²) in [4.78, 5) is 0. The van der Waals surface area contributed by atoms with Gasteiger partial charge >= 0.3 is 33.0 Å². The zero-order chi connectivity index (χ0) is 14.8. The van der Waals surface area contributed by atoms with E-state index in [0.717, 1.165) is 0 Å². The van der Waals surface area contributed by atoms with Gasteiger partial charge in [0.1, 0.15) is 0 Å². The molecule has 0 aliphatic carbocycles. The second-order valence-electron chi connectivity index (χ2n) is 4.28. The Labute approximate surface area is 105 Å². The van der Waals surface area contributed by atoms with Gasteiger partial charge in [0.15, 0.2) is 0 Å². The first-order valence-electron chi connectivity index (χ1n) is 6.21. The second-order valence-corrected chi connectivity index (χ2v) is 6.19. The van der Waals surface area contributed by atoms with Gasteiger partial charge in [0.05, 0.1) is 13.6 Å². The van der Waals surface area contributed by atoms with E-state index in [2.05, 4.69) is 19.3 Å². The molecule has 0 aromatic rings. The van der Waals surface area contributed by atoms with E-state index in [4.69, 9.17) is 0 Å². The Morgan fingerprint density at radius 2 is 1.06 bits per heavy atom. The number of nitrogens with two attached hydrogens (primary N) is 1. The minimum absolute atomic E-state index is 1.31. The van der Waals surface area contributed by atoms with Gasteiger partial charge in [0.25, 0.3) is 0 Å². The fourth-order valence-corrected chi connectivity index (χ4v) is 1.31. The molecule has 0 spiro atoms. The summed E-state index contributed by atoms with van der Waals surface area (Å²) < 4.78 is 59.2. The molecule has 0 aliphatic heterocycles. The molecular formula is C10H24F6NP. The molecule has 0 unspecified atom stereocenters. The van der Waals surface area contributed by atoms with Crippen molar-refractivity contribution in [1.29, 1.82) is 0 Å². The summed E-state index contributed by atoms with van der Waals surface area (Å²) in [5, 5.41) is 2.27. The van der Waals surface area contributed by atoms with Crippen molar-refractivity contribution in [1.82, 2.24) is 0 Å². The van der Waals surface area contributed by atoms with Crippen molar-refractivity contribution in [2.24, 2.45) is 0 Å². The maximum atomic E-state index is 9.87. The van der Waals surface area contributed by atoms with Crippen LogP contribution < -0.4 is 5.32 Å². The number of rotatable bonds is 8. The van der Waals surface area contributed by atoms with Gasteiger partial charge in [0.2, 0.25) is 0 Å². The second kappa shape index (κ2) is 7.53. The van der Waals surface area contributed by atoms with Crippen molar-refractivity contribution in [3.8, 4) is 0 Å². The third-order valence-corrected chi connectivity index (χ3v) is 2.10. The Kier molecular flexibility index (Phi) is 8.49. The topological polar surface area (TPSA) is 16.6 Å². The van der Waals surface area contributed by atoms with Crippen LogP contribution in [0, 0.1) is 0 Å². The Morgan fingerprint density at radius 1 is 0.722 bits per heavy atom. The zero-order valence-electron chi connectivity index (χ0n) is 10.9. The van der Waals surface area contributed by atoms with Crippen LogP contribution >= 0.6 is 7.81 Å². The predicted octanol–water partition coefficient (Wildman–Crippen LogP) is 5.31. The van der Waals surface area contributed by atoms with E-state index in [1.54, 1.807) is 0 Å². The van der Waals surface area contributed by atoms with Crippen LogP contribution in [0.15, 0.2) is 0 Å². The molecule has 18 heavy (non-hydrogen) atoms. The number of quaternary nitrogens is 1. The van der Waals surface area contributed by atoms with E-state index in [0.29, 0.717) is 0 Å². The molecule has 0 radical (unpaired) electrons. The van der Waals surface area contributed by atoms with E-state index in [1.165, 1.54) is 51.5 Å². The monoisotopic (exact) mass is 303 g/mol. The molecule has 1 nitrogen and oxygen atoms in total. The van der Waals surface area contributed by atoms with Crippen LogP contribution in [0.2, 0.25) is 0 Å². The quantitative estimate of drug-likeness (QED) is 0.355. The van der Waals surface area contributed by atoms with Gasteiger partial charge in [-0.1, -0.05) is 39.0 Å². The average molecular weight is 303 g/mol. The molecule has 0 saturated heterocycles. The van der Waals surface area contributed by atoms with Gasteiger partial charge < -0.3 is 5.32 Å². The number of hydrogen-bond acceptors (Lipinski definition) is 0. The summed E-state index contributed by atoms with van der Waals surface area (Å²) >= 11 is 0. The molecule has 0 saturated carbocycles. The molecule has 116 valence electrons. The van der Waals surface area contributed by atoms with Gasteiger partial charge in [-0.05, 0) is 12.8 Å². The van der Waals surface area contributed by atoms with Crippen LogP contribution in [-0.2, 0) is 0 Å². The fraction of sp³-hybridized carbons (Fsp3) is 1.00. The molecule has 0 rings (SSSR count). The van der Waals surface area contributed by atoms with E-state index in [1.807, 2.05) is 0 Å². The van der Waals surface area contributed by atoms with Gasteiger partial charge in [-0.3, -0.25) is 0 Å². The molecule has 0 aromatic heterocycles. The van der Waals surface area contributed by atoms with Crippen molar-refractivity contribution < 1.29 is 30.5 Å². The van der Waals surface area contributed by atoms with Crippen LogP contribution in [0.1, 0.15) is 51.9 Å². The Hall–Kier alpha value is -0.0300. The zero-order valence-corrected chi connectivity index (χ0v) is 11.8. The summed E-state index contributed by atoms with van der Waals surface area (Å²) in [5.41, 5.74) is 0. The normalized spacial score (nSPS) is 15.3. The van der Waals surface area contributed by atoms with E-state index < -0.39 is 7.81 Å². The minimum atomic E-state index is -10.7. The van der Waals surface area contributed by atoms with Crippen molar-refractivity contribution in [2.45, 2.75) is 51.9 Å². The van der Waals surface area contributed by atoms with Crippen molar-refractivity contribution in [3.05, 3.63) is 0 Å². The van der Waals surface area contributed by atoms with Gasteiger partial charge in [-0.25, -0.2) is 0 Å².